The van der Waals surface area contributed by atoms with Crippen LogP contribution in [0.3, 0.4) is 0 Å². The van der Waals surface area contributed by atoms with Crippen LogP contribution in [0.15, 0.2) is 48.5 Å². The first-order valence-electron chi connectivity index (χ1n) is 15.0. The summed E-state index contributed by atoms with van der Waals surface area (Å²) in [5.74, 6) is 2.01. The number of anilines is 3. The fraction of sp³-hybridized carbons (Fsp3) is 0.516. The Labute approximate surface area is 264 Å². The molecule has 14 nitrogen and oxygen atoms in total. The molecule has 0 aliphatic carbocycles. The number of nitrogens with zero attached hydrogens (tertiary/aromatic N) is 6. The van der Waals surface area contributed by atoms with Crippen LogP contribution in [0.2, 0.25) is 0 Å². The molecular formula is C31H46N6O8. The van der Waals surface area contributed by atoms with Crippen molar-refractivity contribution in [2.24, 2.45) is 0 Å². The summed E-state index contributed by atoms with van der Waals surface area (Å²) in [7, 11) is 1.62. The molecule has 1 heterocycles. The average molecular weight is 631 g/mol. The molecule has 0 amide bonds. The van der Waals surface area contributed by atoms with Crippen LogP contribution in [0.25, 0.3) is 0 Å². The smallest absolute Gasteiger partial charge is 0.232 e. The molecule has 0 aliphatic rings. The van der Waals surface area contributed by atoms with Gasteiger partial charge in [-0.3, -0.25) is 0 Å². The van der Waals surface area contributed by atoms with Crippen LogP contribution in [0, 0.1) is 0 Å². The molecule has 2 aromatic carbocycles. The van der Waals surface area contributed by atoms with Crippen LogP contribution in [0.5, 0.6) is 11.5 Å². The van der Waals surface area contributed by atoms with E-state index in [0.29, 0.717) is 30.5 Å². The zero-order valence-electron chi connectivity index (χ0n) is 26.0. The summed E-state index contributed by atoms with van der Waals surface area (Å²) >= 11 is 0. The van der Waals surface area contributed by atoms with Crippen LogP contribution < -0.4 is 24.2 Å². The predicted molar refractivity (Wildman–Crippen MR) is 170 cm³/mol. The summed E-state index contributed by atoms with van der Waals surface area (Å²) in [6.45, 7) is 2.90. The highest BCUT2D eigenvalue weighted by Gasteiger charge is 2.23. The fourth-order valence-corrected chi connectivity index (χ4v) is 4.57. The number of para-hydroxylation sites is 2. The zero-order valence-corrected chi connectivity index (χ0v) is 26.0. The topological polar surface area (TPSA) is 177 Å². The molecule has 0 saturated heterocycles. The largest absolute Gasteiger partial charge is 0.491 e. The Bertz CT molecular complexity index is 1270. The molecule has 3 rings (SSSR count). The molecule has 14 heteroatoms. The maximum atomic E-state index is 10.0. The molecule has 0 aliphatic heterocycles. The van der Waals surface area contributed by atoms with E-state index in [4.69, 9.17) is 29.2 Å². The number of hydrogen-bond acceptors (Lipinski definition) is 14. The van der Waals surface area contributed by atoms with E-state index in [1.165, 1.54) is 0 Å². The Hall–Kier alpha value is -3.79. The van der Waals surface area contributed by atoms with Crippen molar-refractivity contribution in [3.8, 4) is 11.5 Å². The summed E-state index contributed by atoms with van der Waals surface area (Å²) in [5.41, 5.74) is 1.63. The first kappa shape index (κ1) is 35.7. The molecule has 248 valence electrons. The van der Waals surface area contributed by atoms with Gasteiger partial charge in [0.2, 0.25) is 17.8 Å². The summed E-state index contributed by atoms with van der Waals surface area (Å²) in [5, 5.41) is 48.2. The second-order valence-corrected chi connectivity index (χ2v) is 10.1. The van der Waals surface area contributed by atoms with Crippen LogP contribution in [0.4, 0.5) is 17.8 Å². The van der Waals surface area contributed by atoms with E-state index in [2.05, 4.69) is 0 Å². The Morgan fingerprint density at radius 2 is 1.02 bits per heavy atom. The standard InChI is InChI=1S/C31H46N6O8/c1-24(43-2)21-37(23-26-8-4-6-10-28(26)45-20-18-42)31-33-29(35(11-14-38)12-15-39)32-30(34-31)36(13-16-40)22-25-7-3-5-9-27(25)44-19-17-41/h3-10,24,38-42H,11-23H2,1-2H3. The number of benzene rings is 2. The lowest BCUT2D eigenvalue weighted by atomic mass is 10.2. The van der Waals surface area contributed by atoms with E-state index in [1.54, 1.807) is 23.0 Å². The highest BCUT2D eigenvalue weighted by atomic mass is 16.5. The molecule has 3 aromatic rings. The van der Waals surface area contributed by atoms with E-state index in [0.717, 1.165) is 11.1 Å². The molecule has 1 unspecified atom stereocenters. The van der Waals surface area contributed by atoms with Gasteiger partial charge in [0.05, 0.1) is 39.1 Å². The van der Waals surface area contributed by atoms with Crippen molar-refractivity contribution in [1.82, 2.24) is 15.0 Å². The van der Waals surface area contributed by atoms with E-state index in [-0.39, 0.29) is 90.4 Å². The number of aliphatic hydroxyl groups excluding tert-OH is 5. The van der Waals surface area contributed by atoms with Gasteiger partial charge in [-0.1, -0.05) is 36.4 Å². The van der Waals surface area contributed by atoms with Gasteiger partial charge < -0.3 is 54.4 Å². The van der Waals surface area contributed by atoms with Crippen LogP contribution in [-0.4, -0.2) is 126 Å². The number of ether oxygens (including phenoxy) is 3. The average Bonchev–Trinajstić information content (AvgIpc) is 3.06. The van der Waals surface area contributed by atoms with Gasteiger partial charge in [0.1, 0.15) is 24.7 Å². The van der Waals surface area contributed by atoms with E-state index >= 15 is 0 Å². The monoisotopic (exact) mass is 630 g/mol. The predicted octanol–water partition coefficient (Wildman–Crippen LogP) is 0.445. The van der Waals surface area contributed by atoms with Gasteiger partial charge in [0.25, 0.3) is 0 Å². The van der Waals surface area contributed by atoms with Crippen molar-refractivity contribution in [2.45, 2.75) is 26.1 Å². The maximum Gasteiger partial charge on any atom is 0.232 e. The van der Waals surface area contributed by atoms with Gasteiger partial charge >= 0.3 is 0 Å². The van der Waals surface area contributed by atoms with Crippen molar-refractivity contribution >= 4 is 17.8 Å². The minimum absolute atomic E-state index is 0.126. The van der Waals surface area contributed by atoms with Crippen molar-refractivity contribution in [3.63, 3.8) is 0 Å². The Balaban J connectivity index is 2.14. The van der Waals surface area contributed by atoms with Crippen LogP contribution in [0.1, 0.15) is 18.1 Å². The number of aromatic nitrogens is 3. The van der Waals surface area contributed by atoms with Gasteiger partial charge in [-0.25, -0.2) is 0 Å². The van der Waals surface area contributed by atoms with Gasteiger partial charge in [-0.2, -0.15) is 15.0 Å². The Kier molecular flexibility index (Phi) is 15.5. The van der Waals surface area contributed by atoms with Crippen molar-refractivity contribution < 1.29 is 39.7 Å². The summed E-state index contributed by atoms with van der Waals surface area (Å²) in [6, 6.07) is 14.9. The maximum absolute atomic E-state index is 10.0. The van der Waals surface area contributed by atoms with Gasteiger partial charge in [0.15, 0.2) is 0 Å². The third-order valence-corrected chi connectivity index (χ3v) is 6.80. The molecule has 0 fully saturated rings. The molecule has 1 aromatic heterocycles. The number of aliphatic hydroxyl groups is 5. The highest BCUT2D eigenvalue weighted by Crippen LogP contribution is 2.27. The molecule has 0 radical (unpaired) electrons. The van der Waals surface area contributed by atoms with Crippen LogP contribution >= 0.6 is 0 Å². The van der Waals surface area contributed by atoms with Crippen molar-refractivity contribution in [1.29, 1.82) is 0 Å². The lowest BCUT2D eigenvalue weighted by Gasteiger charge is -2.30. The zero-order chi connectivity index (χ0) is 32.4. The number of rotatable bonds is 22. The lowest BCUT2D eigenvalue weighted by molar-refractivity contribution is 0.122. The normalized spacial score (nSPS) is 11.7. The quantitative estimate of drug-likeness (QED) is 0.103. The SMILES string of the molecule is COC(C)CN(Cc1ccccc1OCCO)c1nc(N(CCO)CCO)nc(N(CCO)Cc2ccccc2OCCO)n1. The van der Waals surface area contributed by atoms with Gasteiger partial charge in [0, 0.05) is 57.5 Å². The minimum atomic E-state index is -0.214. The lowest BCUT2D eigenvalue weighted by Crippen LogP contribution is -2.37. The summed E-state index contributed by atoms with van der Waals surface area (Å²) < 4.78 is 17.1. The molecule has 0 spiro atoms. The second kappa shape index (κ2) is 19.6. The molecule has 0 saturated carbocycles. The van der Waals surface area contributed by atoms with E-state index in [1.807, 2.05) is 54.3 Å². The summed E-state index contributed by atoms with van der Waals surface area (Å²) in [4.78, 5) is 19.8. The van der Waals surface area contributed by atoms with Gasteiger partial charge in [-0.15, -0.1) is 0 Å². The fourth-order valence-electron chi connectivity index (χ4n) is 4.57. The third kappa shape index (κ3) is 11.0. The Morgan fingerprint density at radius 1 is 0.600 bits per heavy atom. The van der Waals surface area contributed by atoms with Gasteiger partial charge in [-0.05, 0) is 19.1 Å². The van der Waals surface area contributed by atoms with Crippen LogP contribution in [-0.2, 0) is 17.8 Å². The highest BCUT2D eigenvalue weighted by molar-refractivity contribution is 5.49. The molecule has 45 heavy (non-hydrogen) atoms. The molecule has 1 atom stereocenters. The first-order valence-corrected chi connectivity index (χ1v) is 15.0. The molecule has 5 N–H and O–H groups in total. The van der Waals surface area contributed by atoms with E-state index < -0.39 is 0 Å². The summed E-state index contributed by atoms with van der Waals surface area (Å²) in [6.07, 6.45) is -0.214. The van der Waals surface area contributed by atoms with Crippen molar-refractivity contribution in [2.75, 3.05) is 94.2 Å². The molecular weight excluding hydrogens is 584 g/mol. The second-order valence-electron chi connectivity index (χ2n) is 10.1. The third-order valence-electron chi connectivity index (χ3n) is 6.80. The number of hydrogen-bond donors (Lipinski definition) is 5. The minimum Gasteiger partial charge on any atom is -0.491 e. The number of methoxy groups -OCH3 is 1. The van der Waals surface area contributed by atoms with E-state index in [9.17, 15) is 25.5 Å². The molecule has 0 bridgehead atoms. The first-order chi connectivity index (χ1) is 22.0. The Morgan fingerprint density at radius 3 is 1.49 bits per heavy atom. The van der Waals surface area contributed by atoms with Crippen molar-refractivity contribution in [3.05, 3.63) is 59.7 Å².